The van der Waals surface area contributed by atoms with Crippen molar-refractivity contribution in [3.8, 4) is 5.75 Å². The molecule has 0 bridgehead atoms. The third kappa shape index (κ3) is 3.16. The summed E-state index contributed by atoms with van der Waals surface area (Å²) in [5, 5.41) is 30.6. The number of nitrogens with zero attached hydrogens (tertiary/aromatic N) is 1. The van der Waals surface area contributed by atoms with Gasteiger partial charge in [0.15, 0.2) is 0 Å². The first-order valence-corrected chi connectivity index (χ1v) is 5.26. The van der Waals surface area contributed by atoms with Crippen LogP contribution in [0.1, 0.15) is 19.0 Å². The molecule has 90 valence electrons. The molecule has 0 spiro atoms. The fourth-order valence-corrected chi connectivity index (χ4v) is 1.31. The Labute approximate surface area is 94.8 Å². The summed E-state index contributed by atoms with van der Waals surface area (Å²) in [4.78, 5) is 4.01. The second-order valence-electron chi connectivity index (χ2n) is 3.81. The Balaban J connectivity index is 2.58. The molecule has 1 heterocycles. The molecule has 0 aliphatic heterocycles. The van der Waals surface area contributed by atoms with Gasteiger partial charge in [-0.1, -0.05) is 6.92 Å². The molecule has 0 atom stereocenters. The second kappa shape index (κ2) is 5.79. The Bertz CT molecular complexity index is 301. The summed E-state index contributed by atoms with van der Waals surface area (Å²) in [5.41, 5.74) is 0.0806. The molecule has 0 aromatic carbocycles. The Morgan fingerprint density at radius 3 is 2.44 bits per heavy atom. The van der Waals surface area contributed by atoms with Gasteiger partial charge in [0, 0.05) is 6.54 Å². The zero-order valence-corrected chi connectivity index (χ0v) is 9.35. The summed E-state index contributed by atoms with van der Waals surface area (Å²) >= 11 is 0. The number of aromatic hydroxyl groups is 1. The number of hydrogen-bond donors (Lipinski definition) is 4. The van der Waals surface area contributed by atoms with Crippen LogP contribution in [0.5, 0.6) is 5.75 Å². The van der Waals surface area contributed by atoms with Crippen molar-refractivity contribution < 1.29 is 15.3 Å². The molecule has 1 aromatic heterocycles. The van der Waals surface area contributed by atoms with E-state index < -0.39 is 5.54 Å². The maximum atomic E-state index is 9.22. The van der Waals surface area contributed by atoms with Crippen LogP contribution in [-0.2, 0) is 6.54 Å². The molecule has 0 saturated heterocycles. The van der Waals surface area contributed by atoms with Crippen molar-refractivity contribution in [3.63, 3.8) is 0 Å². The van der Waals surface area contributed by atoms with E-state index in [1.807, 2.05) is 6.92 Å². The first kappa shape index (κ1) is 12.9. The predicted octanol–water partition coefficient (Wildman–Crippen LogP) is 0.0102. The van der Waals surface area contributed by atoms with Gasteiger partial charge in [0.1, 0.15) is 5.75 Å². The van der Waals surface area contributed by atoms with E-state index >= 15 is 0 Å². The fraction of sp³-hybridized carbons (Fsp3) is 0.545. The number of nitrogens with one attached hydrogen (secondary N) is 1. The van der Waals surface area contributed by atoms with Crippen LogP contribution in [0.4, 0.5) is 0 Å². The van der Waals surface area contributed by atoms with Crippen LogP contribution in [0.25, 0.3) is 0 Å². The van der Waals surface area contributed by atoms with Crippen LogP contribution in [-0.4, -0.2) is 39.1 Å². The van der Waals surface area contributed by atoms with Gasteiger partial charge in [-0.05, 0) is 18.6 Å². The quantitative estimate of drug-likeness (QED) is 0.549. The first-order chi connectivity index (χ1) is 7.65. The largest absolute Gasteiger partial charge is 0.506 e. The maximum absolute atomic E-state index is 9.22. The van der Waals surface area contributed by atoms with E-state index in [2.05, 4.69) is 10.3 Å². The van der Waals surface area contributed by atoms with Gasteiger partial charge < -0.3 is 20.6 Å². The normalized spacial score (nSPS) is 11.7. The molecule has 5 nitrogen and oxygen atoms in total. The fourth-order valence-electron chi connectivity index (χ4n) is 1.31. The smallest absolute Gasteiger partial charge is 0.133 e. The monoisotopic (exact) mass is 226 g/mol. The van der Waals surface area contributed by atoms with E-state index in [9.17, 15) is 10.2 Å². The lowest BCUT2D eigenvalue weighted by Crippen LogP contribution is -2.50. The van der Waals surface area contributed by atoms with Crippen LogP contribution in [0.15, 0.2) is 18.3 Å². The summed E-state index contributed by atoms with van der Waals surface area (Å²) in [6, 6.07) is 3.24. The zero-order chi connectivity index (χ0) is 12.0. The number of hydrogen-bond acceptors (Lipinski definition) is 5. The van der Waals surface area contributed by atoms with Crippen LogP contribution < -0.4 is 5.32 Å². The first-order valence-electron chi connectivity index (χ1n) is 5.26. The predicted molar refractivity (Wildman–Crippen MR) is 59.9 cm³/mol. The van der Waals surface area contributed by atoms with Crippen LogP contribution in [0, 0.1) is 0 Å². The minimum Gasteiger partial charge on any atom is -0.506 e. The van der Waals surface area contributed by atoms with Crippen molar-refractivity contribution in [1.29, 1.82) is 0 Å². The third-order valence-corrected chi connectivity index (χ3v) is 2.74. The number of pyridine rings is 1. The molecule has 16 heavy (non-hydrogen) atoms. The maximum Gasteiger partial charge on any atom is 0.133 e. The highest BCUT2D eigenvalue weighted by Gasteiger charge is 2.25. The summed E-state index contributed by atoms with van der Waals surface area (Å²) in [6.07, 6.45) is 1.99. The summed E-state index contributed by atoms with van der Waals surface area (Å²) in [6.45, 7) is 2.08. The zero-order valence-electron chi connectivity index (χ0n) is 9.35. The summed E-state index contributed by atoms with van der Waals surface area (Å²) in [5.74, 6) is 0.120. The van der Waals surface area contributed by atoms with Gasteiger partial charge in [-0.25, -0.2) is 0 Å². The molecule has 0 unspecified atom stereocenters. The van der Waals surface area contributed by atoms with Crippen LogP contribution in [0.2, 0.25) is 0 Å². The molecule has 0 aliphatic carbocycles. The number of rotatable bonds is 6. The highest BCUT2D eigenvalue weighted by Crippen LogP contribution is 2.11. The van der Waals surface area contributed by atoms with Crippen LogP contribution >= 0.6 is 0 Å². The van der Waals surface area contributed by atoms with Gasteiger partial charge in [0.25, 0.3) is 0 Å². The molecular formula is C11H18N2O3. The highest BCUT2D eigenvalue weighted by atomic mass is 16.3. The highest BCUT2D eigenvalue weighted by molar-refractivity contribution is 5.17. The van der Waals surface area contributed by atoms with E-state index in [0.29, 0.717) is 13.0 Å². The molecule has 5 heteroatoms. The van der Waals surface area contributed by atoms with E-state index in [4.69, 9.17) is 5.11 Å². The van der Waals surface area contributed by atoms with Gasteiger partial charge in [-0.15, -0.1) is 0 Å². The average Bonchev–Trinajstić information content (AvgIpc) is 2.34. The molecule has 0 saturated carbocycles. The third-order valence-electron chi connectivity index (χ3n) is 2.74. The van der Waals surface area contributed by atoms with Crippen molar-refractivity contribution in [2.24, 2.45) is 0 Å². The Morgan fingerprint density at radius 1 is 1.31 bits per heavy atom. The molecule has 0 radical (unpaired) electrons. The number of aliphatic hydroxyl groups is 2. The van der Waals surface area contributed by atoms with Gasteiger partial charge in [0.05, 0.1) is 30.6 Å². The van der Waals surface area contributed by atoms with E-state index in [1.54, 1.807) is 12.1 Å². The molecule has 4 N–H and O–H groups in total. The Hall–Kier alpha value is -1.17. The lowest BCUT2D eigenvalue weighted by Gasteiger charge is -2.29. The van der Waals surface area contributed by atoms with Gasteiger partial charge in [-0.2, -0.15) is 0 Å². The van der Waals surface area contributed by atoms with E-state index in [-0.39, 0.29) is 19.0 Å². The van der Waals surface area contributed by atoms with Crippen molar-refractivity contribution in [2.45, 2.75) is 25.4 Å². The van der Waals surface area contributed by atoms with Gasteiger partial charge >= 0.3 is 0 Å². The molecule has 0 amide bonds. The number of aromatic nitrogens is 1. The van der Waals surface area contributed by atoms with Crippen LogP contribution in [0.3, 0.4) is 0 Å². The minimum absolute atomic E-state index is 0.120. The van der Waals surface area contributed by atoms with E-state index in [0.717, 1.165) is 5.69 Å². The minimum atomic E-state index is -0.667. The molecule has 0 aliphatic rings. The van der Waals surface area contributed by atoms with Gasteiger partial charge in [-0.3, -0.25) is 4.98 Å². The van der Waals surface area contributed by atoms with Crippen molar-refractivity contribution in [1.82, 2.24) is 10.3 Å². The van der Waals surface area contributed by atoms with E-state index in [1.165, 1.54) is 6.20 Å². The van der Waals surface area contributed by atoms with Crippen molar-refractivity contribution in [3.05, 3.63) is 24.0 Å². The topological polar surface area (TPSA) is 85.6 Å². The number of aliphatic hydroxyl groups excluding tert-OH is 2. The lowest BCUT2D eigenvalue weighted by molar-refractivity contribution is 0.0861. The Morgan fingerprint density at radius 2 is 2.00 bits per heavy atom. The summed E-state index contributed by atoms with van der Waals surface area (Å²) < 4.78 is 0. The molecule has 1 rings (SSSR count). The average molecular weight is 226 g/mol. The van der Waals surface area contributed by atoms with Crippen molar-refractivity contribution >= 4 is 0 Å². The molecule has 1 aromatic rings. The lowest BCUT2D eigenvalue weighted by atomic mass is 9.98. The second-order valence-corrected chi connectivity index (χ2v) is 3.81. The van der Waals surface area contributed by atoms with Crippen molar-refractivity contribution in [2.75, 3.05) is 13.2 Å². The summed E-state index contributed by atoms with van der Waals surface area (Å²) in [7, 11) is 0. The van der Waals surface area contributed by atoms with Gasteiger partial charge in [0.2, 0.25) is 0 Å². The SMILES string of the molecule is CCC(CO)(CO)NCc1ccc(O)cn1. The molecule has 0 fully saturated rings. The standard InChI is InChI=1S/C11H18N2O3/c1-2-11(7-14,8-15)13-5-9-3-4-10(16)6-12-9/h3-4,6,13-16H,2,5,7-8H2,1H3. The molecular weight excluding hydrogens is 208 g/mol. The Kier molecular flexibility index (Phi) is 4.67.